The van der Waals surface area contributed by atoms with Crippen LogP contribution < -0.4 is 0 Å². The Morgan fingerprint density at radius 3 is 2.41 bits per heavy atom. The molecule has 22 heavy (non-hydrogen) atoms. The van der Waals surface area contributed by atoms with Crippen molar-refractivity contribution >= 4 is 17.8 Å². The van der Waals surface area contributed by atoms with Crippen LogP contribution in [0.3, 0.4) is 0 Å². The maximum Gasteiger partial charge on any atom is 0.311 e. The summed E-state index contributed by atoms with van der Waals surface area (Å²) < 4.78 is 5.04. The minimum Gasteiger partial charge on any atom is -0.443 e. The fourth-order valence-corrected chi connectivity index (χ4v) is 2.36. The van der Waals surface area contributed by atoms with Crippen molar-refractivity contribution in [1.82, 2.24) is 4.90 Å². The van der Waals surface area contributed by atoms with E-state index in [1.54, 1.807) is 6.92 Å². The second-order valence-corrected chi connectivity index (χ2v) is 5.98. The van der Waals surface area contributed by atoms with Crippen molar-refractivity contribution in [2.45, 2.75) is 39.5 Å². The zero-order valence-electron chi connectivity index (χ0n) is 13.2. The van der Waals surface area contributed by atoms with Gasteiger partial charge in [0, 0.05) is 12.3 Å². The van der Waals surface area contributed by atoms with E-state index in [0.29, 0.717) is 5.92 Å². The Bertz CT molecular complexity index is 577. The molecule has 0 aromatic heterocycles. The normalized spacial score (nSPS) is 18.2. The third kappa shape index (κ3) is 3.72. The molecule has 0 saturated carbocycles. The minimum absolute atomic E-state index is 0.129. The number of carbonyl (C=O) groups is 3. The Labute approximate surface area is 130 Å². The first-order valence-corrected chi connectivity index (χ1v) is 7.47. The fraction of sp³-hybridized carbons (Fsp3) is 0.471. The second-order valence-electron chi connectivity index (χ2n) is 5.98. The van der Waals surface area contributed by atoms with Gasteiger partial charge in [0.2, 0.25) is 11.8 Å². The van der Waals surface area contributed by atoms with Gasteiger partial charge < -0.3 is 4.74 Å². The summed E-state index contributed by atoms with van der Waals surface area (Å²) in [7, 11) is 0. The lowest BCUT2D eigenvalue weighted by Gasteiger charge is -2.14. The molecule has 0 N–H and O–H groups in total. The number of ether oxygens (including phenoxy) is 1. The monoisotopic (exact) mass is 303 g/mol. The van der Waals surface area contributed by atoms with E-state index in [2.05, 4.69) is 13.8 Å². The van der Waals surface area contributed by atoms with Crippen molar-refractivity contribution in [3.05, 3.63) is 35.4 Å². The van der Waals surface area contributed by atoms with Gasteiger partial charge in [-0.15, -0.1) is 0 Å². The molecule has 1 fully saturated rings. The maximum absolute atomic E-state index is 11.8. The summed E-state index contributed by atoms with van der Waals surface area (Å²) in [6, 6.07) is 7.76. The van der Waals surface area contributed by atoms with Crippen LogP contribution >= 0.6 is 0 Å². The minimum atomic E-state index is -0.447. The van der Waals surface area contributed by atoms with Gasteiger partial charge in [0.15, 0.2) is 6.73 Å². The molecule has 0 radical (unpaired) electrons. The third-order valence-corrected chi connectivity index (χ3v) is 3.82. The molecule has 1 atom stereocenters. The summed E-state index contributed by atoms with van der Waals surface area (Å²) in [5.41, 5.74) is 2.06. The number of amides is 2. The van der Waals surface area contributed by atoms with Crippen LogP contribution in [0, 0.1) is 5.92 Å². The van der Waals surface area contributed by atoms with Gasteiger partial charge in [-0.3, -0.25) is 14.4 Å². The van der Waals surface area contributed by atoms with Crippen LogP contribution in [0.5, 0.6) is 0 Å². The quantitative estimate of drug-likeness (QED) is 0.618. The van der Waals surface area contributed by atoms with Crippen LogP contribution in [0.15, 0.2) is 24.3 Å². The second kappa shape index (κ2) is 6.73. The highest BCUT2D eigenvalue weighted by Crippen LogP contribution is 2.19. The Morgan fingerprint density at radius 1 is 1.27 bits per heavy atom. The molecule has 1 aliphatic rings. The van der Waals surface area contributed by atoms with Gasteiger partial charge in [0.1, 0.15) is 0 Å². The highest BCUT2D eigenvalue weighted by atomic mass is 16.5. The topological polar surface area (TPSA) is 63.7 Å². The first kappa shape index (κ1) is 16.2. The number of hydrogen-bond donors (Lipinski definition) is 0. The Morgan fingerprint density at radius 2 is 1.91 bits per heavy atom. The van der Waals surface area contributed by atoms with Gasteiger partial charge in [-0.25, -0.2) is 4.90 Å². The van der Waals surface area contributed by atoms with E-state index in [1.807, 2.05) is 24.3 Å². The van der Waals surface area contributed by atoms with Gasteiger partial charge in [-0.05, 0) is 17.0 Å². The van der Waals surface area contributed by atoms with Crippen LogP contribution in [0.1, 0.15) is 44.2 Å². The van der Waals surface area contributed by atoms with E-state index in [-0.39, 0.29) is 37.3 Å². The van der Waals surface area contributed by atoms with Crippen molar-refractivity contribution in [3.8, 4) is 0 Å². The van der Waals surface area contributed by atoms with E-state index < -0.39 is 5.97 Å². The number of benzene rings is 1. The number of rotatable bonds is 5. The molecule has 1 aliphatic heterocycles. The molecule has 5 heteroatoms. The molecule has 118 valence electrons. The molecule has 1 saturated heterocycles. The van der Waals surface area contributed by atoms with Crippen LogP contribution in [-0.4, -0.2) is 29.4 Å². The summed E-state index contributed by atoms with van der Waals surface area (Å²) in [6.07, 6.45) is 0.317. The van der Waals surface area contributed by atoms with Gasteiger partial charge in [-0.2, -0.15) is 0 Å². The summed E-state index contributed by atoms with van der Waals surface area (Å²) in [5.74, 6) is -0.895. The standard InChI is InChI=1S/C17H21NO4/c1-11(2)14-6-4-13(5-7-14)9-16(20)22-10-18-15(19)8-12(3)17(18)21/h4-7,11-12H,8-10H2,1-3H3. The first-order valence-electron chi connectivity index (χ1n) is 7.47. The smallest absolute Gasteiger partial charge is 0.311 e. The van der Waals surface area contributed by atoms with Crippen LogP contribution in [0.2, 0.25) is 0 Å². The molecule has 0 aliphatic carbocycles. The highest BCUT2D eigenvalue weighted by Gasteiger charge is 2.36. The summed E-state index contributed by atoms with van der Waals surface area (Å²) in [4.78, 5) is 36.1. The number of esters is 1. The number of hydrogen-bond acceptors (Lipinski definition) is 4. The molecule has 2 amide bonds. The Balaban J connectivity index is 1.85. The average Bonchev–Trinajstić information content (AvgIpc) is 2.70. The third-order valence-electron chi connectivity index (χ3n) is 3.82. The largest absolute Gasteiger partial charge is 0.443 e. The van der Waals surface area contributed by atoms with Gasteiger partial charge in [-0.1, -0.05) is 45.0 Å². The van der Waals surface area contributed by atoms with Crippen LogP contribution in [0.4, 0.5) is 0 Å². The number of likely N-dealkylation sites (tertiary alicyclic amines) is 1. The SMILES string of the molecule is CC1CC(=O)N(COC(=O)Cc2ccc(C(C)C)cc2)C1=O. The molecule has 1 aromatic rings. The molecule has 5 nitrogen and oxygen atoms in total. The first-order chi connectivity index (χ1) is 10.4. The van der Waals surface area contributed by atoms with Crippen molar-refractivity contribution in [3.63, 3.8) is 0 Å². The molecular formula is C17H21NO4. The van der Waals surface area contributed by atoms with E-state index in [0.717, 1.165) is 10.5 Å². The van der Waals surface area contributed by atoms with Crippen molar-refractivity contribution in [1.29, 1.82) is 0 Å². The molecule has 1 unspecified atom stereocenters. The Kier molecular flexibility index (Phi) is 4.96. The zero-order chi connectivity index (χ0) is 16.3. The lowest BCUT2D eigenvalue weighted by atomic mass is 10.0. The van der Waals surface area contributed by atoms with Crippen molar-refractivity contribution in [2.75, 3.05) is 6.73 Å². The average molecular weight is 303 g/mol. The number of nitrogens with zero attached hydrogens (tertiary/aromatic N) is 1. The summed E-state index contributed by atoms with van der Waals surface area (Å²) in [6.45, 7) is 5.62. The molecular weight excluding hydrogens is 282 g/mol. The predicted octanol–water partition coefficient (Wildman–Crippen LogP) is 2.25. The number of carbonyl (C=O) groups excluding carboxylic acids is 3. The van der Waals surface area contributed by atoms with E-state index >= 15 is 0 Å². The molecule has 2 rings (SSSR count). The molecule has 1 heterocycles. The Hall–Kier alpha value is -2.17. The van der Waals surface area contributed by atoms with Crippen molar-refractivity contribution < 1.29 is 19.1 Å². The van der Waals surface area contributed by atoms with E-state index in [4.69, 9.17) is 4.74 Å². The van der Waals surface area contributed by atoms with Gasteiger partial charge in [0.05, 0.1) is 6.42 Å². The lowest BCUT2D eigenvalue weighted by molar-refractivity contribution is -0.155. The van der Waals surface area contributed by atoms with Gasteiger partial charge >= 0.3 is 5.97 Å². The molecule has 0 bridgehead atoms. The maximum atomic E-state index is 11.8. The van der Waals surface area contributed by atoms with Crippen molar-refractivity contribution in [2.24, 2.45) is 5.92 Å². The number of imide groups is 1. The van der Waals surface area contributed by atoms with Crippen LogP contribution in [-0.2, 0) is 25.5 Å². The van der Waals surface area contributed by atoms with Crippen LogP contribution in [0.25, 0.3) is 0 Å². The van der Waals surface area contributed by atoms with Gasteiger partial charge in [0.25, 0.3) is 0 Å². The zero-order valence-corrected chi connectivity index (χ0v) is 13.2. The van der Waals surface area contributed by atoms with E-state index in [9.17, 15) is 14.4 Å². The summed E-state index contributed by atoms with van der Waals surface area (Å²) in [5, 5.41) is 0. The molecule has 0 spiro atoms. The summed E-state index contributed by atoms with van der Waals surface area (Å²) >= 11 is 0. The fourth-order valence-electron chi connectivity index (χ4n) is 2.36. The predicted molar refractivity (Wildman–Crippen MR) is 80.8 cm³/mol. The lowest BCUT2D eigenvalue weighted by Crippen LogP contribution is -2.33. The van der Waals surface area contributed by atoms with E-state index in [1.165, 1.54) is 5.56 Å². The molecule has 1 aromatic carbocycles. The highest BCUT2D eigenvalue weighted by molar-refractivity contribution is 6.03.